The first-order valence-corrected chi connectivity index (χ1v) is 17.1. The van der Waals surface area contributed by atoms with Gasteiger partial charge in [-0.1, -0.05) is 41.8 Å². The zero-order valence-electron chi connectivity index (χ0n) is 26.3. The molecule has 1 aliphatic rings. The Morgan fingerprint density at radius 1 is 0.783 bits per heavy atom. The summed E-state index contributed by atoms with van der Waals surface area (Å²) in [5.74, 6) is -0.434. The molecule has 0 bridgehead atoms. The second-order valence-corrected chi connectivity index (χ2v) is 14.4. The fourth-order valence-electron chi connectivity index (χ4n) is 6.02. The molecule has 0 N–H and O–H groups in total. The highest BCUT2D eigenvalue weighted by atomic mass is 35.5. The Balaban J connectivity index is 0.000000334. The van der Waals surface area contributed by atoms with Crippen molar-refractivity contribution in [3.63, 3.8) is 0 Å². The highest BCUT2D eigenvalue weighted by Crippen LogP contribution is 2.28. The Morgan fingerprint density at radius 2 is 1.30 bits per heavy atom. The van der Waals surface area contributed by atoms with Crippen molar-refractivity contribution in [1.82, 2.24) is 4.31 Å². The van der Waals surface area contributed by atoms with Gasteiger partial charge in [-0.2, -0.15) is 4.31 Å². The Kier molecular flexibility index (Phi) is 17.6. The molecule has 1 aliphatic heterocycles. The lowest BCUT2D eigenvalue weighted by atomic mass is 8.39. The van der Waals surface area contributed by atoms with Gasteiger partial charge in [0, 0.05) is 155 Å². The second kappa shape index (κ2) is 19.3. The minimum Gasteiger partial charge on any atom is -0.207 e. The van der Waals surface area contributed by atoms with E-state index in [0.717, 1.165) is 30.4 Å². The topological polar surface area (TPSA) is 37.4 Å². The number of sulfonamides is 1. The summed E-state index contributed by atoms with van der Waals surface area (Å²) >= 11 is 5.85. The lowest BCUT2D eigenvalue weighted by molar-refractivity contribution is 0.241. The molecule has 1 fully saturated rings. The number of benzene rings is 2. The molecule has 2 aromatic carbocycles. The van der Waals surface area contributed by atoms with Gasteiger partial charge in [0.15, 0.2) is 0 Å². The van der Waals surface area contributed by atoms with Crippen LogP contribution in [0.1, 0.15) is 36.8 Å². The Hall–Kier alpha value is -0.131. The predicted molar refractivity (Wildman–Crippen MR) is 218 cm³/mol. The summed E-state index contributed by atoms with van der Waals surface area (Å²) in [6.45, 7) is 2.49. The molecule has 1 unspecified atom stereocenters. The normalized spacial score (nSPS) is 14.6. The third-order valence-electron chi connectivity index (χ3n) is 8.51. The lowest BCUT2D eigenvalue weighted by Gasteiger charge is -2.42. The van der Waals surface area contributed by atoms with Crippen molar-refractivity contribution in [2.24, 2.45) is 0 Å². The molecule has 0 aromatic heterocycles. The fourth-order valence-corrected chi connectivity index (χ4v) is 7.95. The van der Waals surface area contributed by atoms with Gasteiger partial charge in [-0.05, 0) is 62.4 Å². The fraction of sp³-hybridized carbons (Fsp3) is 0.400. The van der Waals surface area contributed by atoms with E-state index in [-0.39, 0.29) is 11.1 Å². The average Bonchev–Trinajstić information content (AvgIpc) is 2.97. The molecule has 200 valence electrons. The van der Waals surface area contributed by atoms with Crippen LogP contribution in [-0.4, -0.2) is 168 Å². The van der Waals surface area contributed by atoms with Crippen molar-refractivity contribution in [2.75, 3.05) is 6.54 Å². The summed E-state index contributed by atoms with van der Waals surface area (Å²) < 4.78 is 41.1. The lowest BCUT2D eigenvalue weighted by Crippen LogP contribution is -2.80. The summed E-state index contributed by atoms with van der Waals surface area (Å²) in [7, 11) is 59.7. The molecule has 0 aliphatic carbocycles. The van der Waals surface area contributed by atoms with Crippen LogP contribution < -0.4 is 0 Å². The largest absolute Gasteiger partial charge is 0.243 e. The van der Waals surface area contributed by atoms with Gasteiger partial charge in [0.1, 0.15) is 5.82 Å². The zero-order chi connectivity index (χ0) is 34.9. The minimum atomic E-state index is -3.50. The number of piperidine rings is 1. The molecular weight excluding hydrogens is 589 g/mol. The molecule has 1 heterocycles. The van der Waals surface area contributed by atoms with Gasteiger partial charge in [0.2, 0.25) is 10.0 Å². The molecular formula is C20H23B20ClFNO2S. The van der Waals surface area contributed by atoms with Gasteiger partial charge >= 0.3 is 0 Å². The highest BCUT2D eigenvalue weighted by molar-refractivity contribution is 8.19. The predicted octanol–water partition coefficient (Wildman–Crippen LogP) is -2.65. The van der Waals surface area contributed by atoms with Crippen molar-refractivity contribution in [1.29, 1.82) is 0 Å². The summed E-state index contributed by atoms with van der Waals surface area (Å²) in [6.07, 6.45) is -3.03. The Bertz CT molecular complexity index is 1290. The molecule has 46 heavy (non-hydrogen) atoms. The smallest absolute Gasteiger partial charge is 0.207 e. The zero-order valence-corrected chi connectivity index (χ0v) is 27.9. The molecule has 22 radical (unpaired) electrons. The van der Waals surface area contributed by atoms with Crippen LogP contribution in [0, 0.1) is 12.7 Å². The van der Waals surface area contributed by atoms with Crippen molar-refractivity contribution in [3.8, 4) is 0 Å². The summed E-state index contributed by atoms with van der Waals surface area (Å²) in [6, 6.07) is 11.7. The van der Waals surface area contributed by atoms with E-state index < -0.39 is 73.3 Å². The van der Waals surface area contributed by atoms with Gasteiger partial charge in [-0.15, -0.1) is 0 Å². The maximum absolute atomic E-state index is 13.3. The van der Waals surface area contributed by atoms with Crippen LogP contribution in [0.25, 0.3) is 0 Å². The van der Waals surface area contributed by atoms with Crippen molar-refractivity contribution >= 4 is 164 Å². The van der Waals surface area contributed by atoms with E-state index in [9.17, 15) is 12.8 Å². The van der Waals surface area contributed by atoms with Gasteiger partial charge < -0.3 is 0 Å². The molecule has 0 amide bonds. The molecule has 0 saturated carbocycles. The highest BCUT2D eigenvalue weighted by Gasteiger charge is 2.44. The van der Waals surface area contributed by atoms with E-state index >= 15 is 0 Å². The van der Waals surface area contributed by atoms with Crippen LogP contribution in [-0.2, 0) is 16.4 Å². The third-order valence-corrected chi connectivity index (χ3v) is 10.8. The van der Waals surface area contributed by atoms with Crippen LogP contribution in [0.15, 0.2) is 47.4 Å². The number of nitrogens with zero attached hydrogens (tertiary/aromatic N) is 1. The van der Waals surface area contributed by atoms with Crippen LogP contribution in [0.5, 0.6) is 0 Å². The Labute approximate surface area is 300 Å². The number of rotatable bonds is 13. The maximum atomic E-state index is 13.3. The Morgan fingerprint density at radius 3 is 1.76 bits per heavy atom. The molecule has 1 atom stereocenters. The van der Waals surface area contributed by atoms with Gasteiger partial charge in [-0.3, -0.25) is 0 Å². The van der Waals surface area contributed by atoms with Crippen LogP contribution in [0.4, 0.5) is 4.39 Å². The summed E-state index contributed by atoms with van der Waals surface area (Å²) in [5, 5.41) is 0.107. The van der Waals surface area contributed by atoms with Crippen molar-refractivity contribution in [3.05, 3.63) is 64.4 Å². The summed E-state index contributed by atoms with van der Waals surface area (Å²) in [5.41, 5.74) is 1.96. The van der Waals surface area contributed by atoms with Crippen LogP contribution in [0.3, 0.4) is 0 Å². The van der Waals surface area contributed by atoms with E-state index in [1.165, 1.54) is 6.07 Å². The van der Waals surface area contributed by atoms with E-state index in [2.05, 4.69) is 0 Å². The second-order valence-electron chi connectivity index (χ2n) is 12.1. The first kappa shape index (κ1) is 42.0. The average molecular weight is 612 g/mol. The van der Waals surface area contributed by atoms with E-state index in [0.29, 0.717) is 24.3 Å². The third kappa shape index (κ3) is 11.7. The van der Waals surface area contributed by atoms with E-state index in [1.54, 1.807) is 28.6 Å². The number of aryl methyl sites for hydroxylation is 2. The van der Waals surface area contributed by atoms with Crippen LogP contribution >= 0.6 is 11.6 Å². The van der Waals surface area contributed by atoms with Gasteiger partial charge in [0.25, 0.3) is 0 Å². The molecule has 26 heteroatoms. The van der Waals surface area contributed by atoms with Crippen molar-refractivity contribution < 1.29 is 12.8 Å². The first-order chi connectivity index (χ1) is 21.4. The van der Waals surface area contributed by atoms with E-state index in [1.807, 2.05) is 19.1 Å². The quantitative estimate of drug-likeness (QED) is 0.232. The number of hydrogen-bond donors (Lipinski definition) is 0. The van der Waals surface area contributed by atoms with Gasteiger partial charge in [0.05, 0.1) is 9.92 Å². The molecule has 3 rings (SSSR count). The van der Waals surface area contributed by atoms with Gasteiger partial charge in [-0.25, -0.2) is 12.8 Å². The van der Waals surface area contributed by atoms with E-state index in [4.69, 9.17) is 96.7 Å². The number of halogens is 2. The summed E-state index contributed by atoms with van der Waals surface area (Å²) in [4.78, 5) is 0.347. The molecule has 1 saturated heterocycles. The molecule has 2 aromatic rings. The minimum absolute atomic E-state index is 0.0427. The monoisotopic (exact) mass is 615 g/mol. The standard InChI is InChI=1S/C20H23ClFNO2S.B20/c1-15-5-10-18(11-6-15)26(24,25)23-13-3-2-4-17(23)9-7-16-8-12-20(22)19(21)14-16;1-12(2)17(11)20(18(13(3)4)14(5)6)19(15(7)8)16(9)10/h5-6,8,10-12,14,17H,2-4,7,9,13H2,1H3;. The molecule has 0 spiro atoms. The van der Waals surface area contributed by atoms with Crippen molar-refractivity contribution in [2.45, 2.75) is 50.0 Å². The number of hydrogen-bond acceptors (Lipinski definition) is 2. The maximum Gasteiger partial charge on any atom is 0.243 e. The SMILES string of the molecule is Cc1ccc(S(=O)(=O)N2CCCCC2CCc2ccc(F)c(Cl)c2)cc1.[B]B([B])B([B])B(B(B([B])[B])B([B])[B])B(B([B])[B])B([B])[B]. The van der Waals surface area contributed by atoms with Crippen LogP contribution in [0.2, 0.25) is 5.02 Å². The first-order valence-electron chi connectivity index (χ1n) is 15.2. The molecule has 3 nitrogen and oxygen atoms in total.